The highest BCUT2D eigenvalue weighted by molar-refractivity contribution is 8.13. The number of rotatable bonds is 15. The maximum atomic E-state index is 14.3. The molecule has 0 fully saturated rings. The summed E-state index contributed by atoms with van der Waals surface area (Å²) in [5, 5.41) is 11.6. The first-order valence-corrected chi connectivity index (χ1v) is 15.5. The van der Waals surface area contributed by atoms with Crippen LogP contribution in [0.5, 0.6) is 23.0 Å². The van der Waals surface area contributed by atoms with Gasteiger partial charge in [-0.2, -0.15) is 0 Å². The minimum Gasteiger partial charge on any atom is -0.497 e. The predicted octanol–water partition coefficient (Wildman–Crippen LogP) is 7.03. The lowest BCUT2D eigenvalue weighted by molar-refractivity contribution is -0.485. The van der Waals surface area contributed by atoms with E-state index < -0.39 is 33.9 Å². The van der Waals surface area contributed by atoms with E-state index in [2.05, 4.69) is 0 Å². The van der Waals surface area contributed by atoms with Gasteiger partial charge in [0.25, 0.3) is 0 Å². The lowest BCUT2D eigenvalue weighted by atomic mass is 9.73. The van der Waals surface area contributed by atoms with E-state index in [4.69, 9.17) is 23.7 Å². The molecule has 0 amide bonds. The van der Waals surface area contributed by atoms with Gasteiger partial charge in [0.1, 0.15) is 41.6 Å². The van der Waals surface area contributed by atoms with E-state index in [0.717, 1.165) is 22.9 Å². The smallest absolute Gasteiger partial charge is 0.321 e. The van der Waals surface area contributed by atoms with Gasteiger partial charge in [-0.15, -0.1) is 0 Å². The van der Waals surface area contributed by atoms with E-state index in [-0.39, 0.29) is 13.2 Å². The molecule has 10 nitrogen and oxygen atoms in total. The molecule has 0 aliphatic rings. The van der Waals surface area contributed by atoms with E-state index in [0.29, 0.717) is 39.0 Å². The van der Waals surface area contributed by atoms with Crippen LogP contribution in [0.3, 0.4) is 0 Å². The Labute approximate surface area is 278 Å². The third-order valence-electron chi connectivity index (χ3n) is 7.77. The summed E-state index contributed by atoms with van der Waals surface area (Å²) in [5.74, 6) is 0.0812. The van der Waals surface area contributed by atoms with Crippen LogP contribution in [0.4, 0.5) is 0 Å². The quantitative estimate of drug-likeness (QED) is 0.0432. The van der Waals surface area contributed by atoms with Gasteiger partial charge in [0, 0.05) is 15.4 Å². The molecule has 0 aliphatic heterocycles. The fraction of sp³-hybridized carbons (Fsp3) is 0.278. The van der Waals surface area contributed by atoms with E-state index in [1.807, 2.05) is 25.1 Å². The molecule has 0 heterocycles. The van der Waals surface area contributed by atoms with Gasteiger partial charge in [-0.3, -0.25) is 19.7 Å². The lowest BCUT2D eigenvalue weighted by Gasteiger charge is -2.33. The molecule has 4 aromatic carbocycles. The highest BCUT2D eigenvalue weighted by Gasteiger charge is 2.53. The fourth-order valence-corrected chi connectivity index (χ4v) is 5.86. The minimum atomic E-state index is -2.00. The van der Waals surface area contributed by atoms with E-state index in [1.54, 1.807) is 87.0 Å². The first kappa shape index (κ1) is 34.8. The molecule has 0 saturated carbocycles. The molecule has 246 valence electrons. The van der Waals surface area contributed by atoms with E-state index >= 15 is 0 Å². The van der Waals surface area contributed by atoms with Gasteiger partial charge >= 0.3 is 5.97 Å². The third-order valence-corrected chi connectivity index (χ3v) is 8.89. The standard InChI is InChI=1S/C36H37NO9S/c1-24-6-19-33(45-22-25-7-11-27(42-3)12-8-25)31(20-24)32(21-37(40)41)36(2,35(39)47-30-17-15-29(44-5)16-18-30)34(38)46-23-26-9-13-28(43-4)14-10-26/h6-20,32H,21-23H2,1-5H3/t32-,36-/m0/s1. The number of methoxy groups -OCH3 is 3. The Balaban J connectivity index is 1.74. The van der Waals surface area contributed by atoms with Gasteiger partial charge in [0.05, 0.1) is 27.2 Å². The Morgan fingerprint density at radius 3 is 1.81 bits per heavy atom. The number of carbonyl (C=O) groups excluding carboxylic acids is 2. The van der Waals surface area contributed by atoms with Crippen molar-refractivity contribution in [1.29, 1.82) is 0 Å². The van der Waals surface area contributed by atoms with Gasteiger partial charge in [0.15, 0.2) is 0 Å². The topological polar surface area (TPSA) is 123 Å². The molecular formula is C36H37NO9S. The fourth-order valence-electron chi connectivity index (χ4n) is 4.94. The zero-order chi connectivity index (χ0) is 34.0. The molecule has 0 saturated heterocycles. The summed E-state index contributed by atoms with van der Waals surface area (Å²) in [7, 11) is 4.65. The molecule has 47 heavy (non-hydrogen) atoms. The van der Waals surface area contributed by atoms with Crippen LogP contribution in [0.2, 0.25) is 0 Å². The summed E-state index contributed by atoms with van der Waals surface area (Å²) in [6, 6.07) is 26.2. The van der Waals surface area contributed by atoms with Crippen molar-refractivity contribution in [3.63, 3.8) is 0 Å². The number of hydrogen-bond donors (Lipinski definition) is 0. The van der Waals surface area contributed by atoms with E-state index in [9.17, 15) is 19.7 Å². The van der Waals surface area contributed by atoms with Crippen molar-refractivity contribution >= 4 is 22.8 Å². The molecule has 0 unspecified atom stereocenters. The summed E-state index contributed by atoms with van der Waals surface area (Å²) in [6.45, 7) is 2.49. The number of hydrogen-bond acceptors (Lipinski definition) is 10. The summed E-state index contributed by atoms with van der Waals surface area (Å²) in [4.78, 5) is 40.7. The molecule has 0 spiro atoms. The number of aryl methyl sites for hydroxylation is 1. The Bertz CT molecular complexity index is 1670. The molecule has 11 heteroatoms. The summed E-state index contributed by atoms with van der Waals surface area (Å²) >= 11 is 0.811. The Morgan fingerprint density at radius 2 is 1.30 bits per heavy atom. The molecule has 0 radical (unpaired) electrons. The number of carbonyl (C=O) groups is 2. The number of nitro groups is 1. The van der Waals surface area contributed by atoms with Crippen LogP contribution in [-0.4, -0.2) is 43.9 Å². The molecule has 2 atom stereocenters. The van der Waals surface area contributed by atoms with Gasteiger partial charge in [-0.1, -0.05) is 53.7 Å². The maximum Gasteiger partial charge on any atom is 0.321 e. The minimum absolute atomic E-state index is 0.137. The zero-order valence-electron chi connectivity index (χ0n) is 26.9. The first-order chi connectivity index (χ1) is 22.6. The van der Waals surface area contributed by atoms with Crippen LogP contribution in [0, 0.1) is 22.5 Å². The maximum absolute atomic E-state index is 14.3. The summed E-state index contributed by atoms with van der Waals surface area (Å²) in [5.41, 5.74) is 0.602. The Kier molecular flexibility index (Phi) is 11.9. The van der Waals surface area contributed by atoms with Crippen LogP contribution < -0.4 is 18.9 Å². The van der Waals surface area contributed by atoms with Crippen molar-refractivity contribution in [1.82, 2.24) is 0 Å². The Hall–Kier alpha value is -5.03. The van der Waals surface area contributed by atoms with Gasteiger partial charge in [-0.25, -0.2) is 0 Å². The molecule has 0 bridgehead atoms. The highest BCUT2D eigenvalue weighted by atomic mass is 32.2. The Morgan fingerprint density at radius 1 is 0.787 bits per heavy atom. The number of thioether (sulfide) groups is 1. The monoisotopic (exact) mass is 659 g/mol. The van der Waals surface area contributed by atoms with Crippen molar-refractivity contribution in [3.8, 4) is 23.0 Å². The van der Waals surface area contributed by atoms with Crippen LogP contribution in [0.1, 0.15) is 35.1 Å². The largest absolute Gasteiger partial charge is 0.497 e. The van der Waals surface area contributed by atoms with Crippen molar-refractivity contribution < 1.29 is 38.2 Å². The zero-order valence-corrected chi connectivity index (χ0v) is 27.7. The third kappa shape index (κ3) is 8.82. The van der Waals surface area contributed by atoms with Crippen LogP contribution in [0.25, 0.3) is 0 Å². The summed E-state index contributed by atoms with van der Waals surface area (Å²) < 4.78 is 27.6. The van der Waals surface area contributed by atoms with Crippen LogP contribution >= 0.6 is 11.8 Å². The summed E-state index contributed by atoms with van der Waals surface area (Å²) in [6.07, 6.45) is 0. The molecule has 4 aromatic rings. The molecule has 0 aromatic heterocycles. The van der Waals surface area contributed by atoms with Crippen molar-refractivity contribution in [2.45, 2.75) is 37.9 Å². The van der Waals surface area contributed by atoms with Gasteiger partial charge < -0.3 is 23.7 Å². The second-order valence-electron chi connectivity index (χ2n) is 10.9. The van der Waals surface area contributed by atoms with Gasteiger partial charge in [-0.05, 0) is 79.6 Å². The molecule has 0 aliphatic carbocycles. The predicted molar refractivity (Wildman–Crippen MR) is 178 cm³/mol. The van der Waals surface area contributed by atoms with Crippen LogP contribution in [-0.2, 0) is 27.5 Å². The number of benzene rings is 4. The molecule has 4 rings (SSSR count). The first-order valence-electron chi connectivity index (χ1n) is 14.7. The second-order valence-corrected chi connectivity index (χ2v) is 12.0. The van der Waals surface area contributed by atoms with Crippen molar-refractivity contribution in [2.24, 2.45) is 5.41 Å². The van der Waals surface area contributed by atoms with Gasteiger partial charge in [0.2, 0.25) is 11.7 Å². The van der Waals surface area contributed by atoms with E-state index in [1.165, 1.54) is 14.0 Å². The second kappa shape index (κ2) is 16.0. The average Bonchev–Trinajstić information content (AvgIpc) is 3.09. The lowest BCUT2D eigenvalue weighted by Crippen LogP contribution is -2.44. The number of esters is 1. The average molecular weight is 660 g/mol. The molecular weight excluding hydrogens is 622 g/mol. The highest BCUT2D eigenvalue weighted by Crippen LogP contribution is 2.46. The normalized spacial score (nSPS) is 12.7. The van der Waals surface area contributed by atoms with Crippen molar-refractivity contribution in [3.05, 3.63) is 123 Å². The SMILES string of the molecule is COc1ccc(COC(=O)[C@@](C)(C(=O)Sc2ccc(OC)cc2)[C@@H](C[N+](=O)[O-])c2cc(C)ccc2OCc2ccc(OC)cc2)cc1. The molecule has 0 N–H and O–H groups in total. The van der Waals surface area contributed by atoms with Crippen molar-refractivity contribution in [2.75, 3.05) is 27.9 Å². The number of nitrogens with zero attached hydrogens (tertiary/aromatic N) is 1. The van der Waals surface area contributed by atoms with Crippen LogP contribution in [0.15, 0.2) is 95.9 Å². The number of ether oxygens (including phenoxy) is 5.